The molecule has 0 bridgehead atoms. The third-order valence-corrected chi connectivity index (χ3v) is 5.34. The molecule has 1 aliphatic carbocycles. The average Bonchev–Trinajstić information content (AvgIpc) is 3.04. The largest absolute Gasteiger partial charge is 0.488 e. The second-order valence-electron chi connectivity index (χ2n) is 7.13. The maximum absolute atomic E-state index is 12.7. The molecule has 2 aromatic rings. The molecule has 1 aliphatic heterocycles. The zero-order valence-electron chi connectivity index (χ0n) is 15.6. The molecule has 7 heteroatoms. The van der Waals surface area contributed by atoms with Crippen molar-refractivity contribution in [2.24, 2.45) is 0 Å². The molecular formula is C21H25N3O4. The summed E-state index contributed by atoms with van der Waals surface area (Å²) in [5.74, 6) is 0.473. The van der Waals surface area contributed by atoms with E-state index in [0.29, 0.717) is 31.1 Å². The Morgan fingerprint density at radius 2 is 1.89 bits per heavy atom. The first-order valence-electron chi connectivity index (χ1n) is 9.66. The van der Waals surface area contributed by atoms with Crippen molar-refractivity contribution in [2.45, 2.75) is 30.7 Å². The van der Waals surface area contributed by atoms with Crippen LogP contribution < -0.4 is 10.1 Å². The first kappa shape index (κ1) is 18.9. The molecule has 0 unspecified atom stereocenters. The van der Waals surface area contributed by atoms with Crippen molar-refractivity contribution in [3.05, 3.63) is 60.4 Å². The number of aliphatic hydroxyl groups excluding tert-OH is 1. The summed E-state index contributed by atoms with van der Waals surface area (Å²) in [6, 6.07) is 14.2. The maximum atomic E-state index is 12.7. The van der Waals surface area contributed by atoms with Gasteiger partial charge in [-0.2, -0.15) is 0 Å². The first-order valence-corrected chi connectivity index (χ1v) is 9.66. The number of nitrogens with one attached hydrogen (secondary N) is 1. The fourth-order valence-corrected chi connectivity index (χ4v) is 4.01. The molecule has 7 nitrogen and oxygen atoms in total. The number of para-hydroxylation sites is 1. The second-order valence-corrected chi connectivity index (χ2v) is 7.13. The summed E-state index contributed by atoms with van der Waals surface area (Å²) < 4.78 is 11.5. The average molecular weight is 383 g/mol. The Morgan fingerprint density at radius 1 is 1.14 bits per heavy atom. The molecule has 4 atom stereocenters. The van der Waals surface area contributed by atoms with Crippen LogP contribution in [-0.4, -0.2) is 71.5 Å². The summed E-state index contributed by atoms with van der Waals surface area (Å²) in [5.41, 5.74) is 0.366. The van der Waals surface area contributed by atoms with Crippen LogP contribution in [0.15, 0.2) is 54.7 Å². The van der Waals surface area contributed by atoms with Gasteiger partial charge in [0.25, 0.3) is 5.91 Å². The lowest BCUT2D eigenvalue weighted by Crippen LogP contribution is -2.56. The van der Waals surface area contributed by atoms with Gasteiger partial charge in [0.05, 0.1) is 25.3 Å². The van der Waals surface area contributed by atoms with Crippen LogP contribution in [0.3, 0.4) is 0 Å². The number of carbonyl (C=O) groups is 1. The molecule has 1 saturated heterocycles. The second kappa shape index (κ2) is 8.68. The number of hydrogen-bond acceptors (Lipinski definition) is 6. The number of carbonyl (C=O) groups excluding carboxylic acids is 1. The number of morpholine rings is 1. The Hall–Kier alpha value is -2.48. The van der Waals surface area contributed by atoms with Gasteiger partial charge in [0, 0.05) is 25.7 Å². The Kier molecular flexibility index (Phi) is 5.85. The lowest BCUT2D eigenvalue weighted by atomic mass is 10.1. The van der Waals surface area contributed by atoms with Crippen LogP contribution in [-0.2, 0) is 4.74 Å². The fraction of sp³-hybridized carbons (Fsp3) is 0.429. The van der Waals surface area contributed by atoms with E-state index in [1.807, 2.05) is 30.3 Å². The van der Waals surface area contributed by atoms with E-state index in [4.69, 9.17) is 9.47 Å². The van der Waals surface area contributed by atoms with Crippen LogP contribution in [0.25, 0.3) is 0 Å². The highest BCUT2D eigenvalue weighted by Gasteiger charge is 2.47. The number of rotatable bonds is 5. The van der Waals surface area contributed by atoms with Crippen molar-refractivity contribution in [1.29, 1.82) is 0 Å². The molecule has 2 fully saturated rings. The molecule has 2 heterocycles. The van der Waals surface area contributed by atoms with E-state index < -0.39 is 12.2 Å². The van der Waals surface area contributed by atoms with Crippen LogP contribution in [0.2, 0.25) is 0 Å². The number of pyridine rings is 1. The van der Waals surface area contributed by atoms with Crippen LogP contribution in [0, 0.1) is 0 Å². The SMILES string of the molecule is O=C(N[C@@H]1C[C@@H](Oc2ccccc2)[C@H](O)[C@H]1N1CCOCC1)c1ccccn1. The molecular weight excluding hydrogens is 358 g/mol. The molecule has 1 aromatic heterocycles. The first-order chi connectivity index (χ1) is 13.7. The van der Waals surface area contributed by atoms with Gasteiger partial charge in [0.2, 0.25) is 0 Å². The standard InChI is InChI=1S/C21H25N3O4/c25-20-18(28-15-6-2-1-3-7-15)14-17(19(20)24-10-12-27-13-11-24)23-21(26)16-8-4-5-9-22-16/h1-9,17-20,25H,10-14H2,(H,23,26)/t17-,18-,19+,20+/m1/s1. The molecule has 2 aliphatic rings. The molecule has 28 heavy (non-hydrogen) atoms. The van der Waals surface area contributed by atoms with Crippen LogP contribution in [0.1, 0.15) is 16.9 Å². The molecule has 1 saturated carbocycles. The summed E-state index contributed by atoms with van der Waals surface area (Å²) in [6.45, 7) is 2.67. The molecule has 1 aromatic carbocycles. The van der Waals surface area contributed by atoms with E-state index in [2.05, 4.69) is 15.2 Å². The number of benzene rings is 1. The molecule has 148 valence electrons. The van der Waals surface area contributed by atoms with E-state index in [-0.39, 0.29) is 18.0 Å². The summed E-state index contributed by atoms with van der Waals surface area (Å²) in [4.78, 5) is 19.0. The van der Waals surface area contributed by atoms with Gasteiger partial charge >= 0.3 is 0 Å². The highest BCUT2D eigenvalue weighted by molar-refractivity contribution is 5.92. The predicted octanol–water partition coefficient (Wildman–Crippen LogP) is 1.09. The zero-order valence-corrected chi connectivity index (χ0v) is 15.6. The van der Waals surface area contributed by atoms with E-state index in [0.717, 1.165) is 13.1 Å². The van der Waals surface area contributed by atoms with Gasteiger partial charge in [-0.3, -0.25) is 14.7 Å². The fourth-order valence-electron chi connectivity index (χ4n) is 4.01. The topological polar surface area (TPSA) is 83.9 Å². The Labute approximate surface area is 164 Å². The van der Waals surface area contributed by atoms with Gasteiger partial charge in [0.15, 0.2) is 0 Å². The van der Waals surface area contributed by atoms with E-state index in [9.17, 15) is 9.90 Å². The number of ether oxygens (including phenoxy) is 2. The number of aliphatic hydroxyl groups is 1. The van der Waals surface area contributed by atoms with Crippen LogP contribution in [0.5, 0.6) is 5.75 Å². The minimum Gasteiger partial charge on any atom is -0.488 e. The van der Waals surface area contributed by atoms with Crippen molar-refractivity contribution < 1.29 is 19.4 Å². The van der Waals surface area contributed by atoms with Gasteiger partial charge in [-0.05, 0) is 24.3 Å². The van der Waals surface area contributed by atoms with Crippen molar-refractivity contribution in [2.75, 3.05) is 26.3 Å². The molecule has 4 rings (SSSR count). The van der Waals surface area contributed by atoms with E-state index >= 15 is 0 Å². The lowest BCUT2D eigenvalue weighted by molar-refractivity contribution is -0.0350. The molecule has 2 N–H and O–H groups in total. The van der Waals surface area contributed by atoms with Crippen molar-refractivity contribution in [3.8, 4) is 5.75 Å². The third kappa shape index (κ3) is 4.16. The summed E-state index contributed by atoms with van der Waals surface area (Å²) in [7, 11) is 0. The maximum Gasteiger partial charge on any atom is 0.270 e. The van der Waals surface area contributed by atoms with Crippen molar-refractivity contribution >= 4 is 5.91 Å². The molecule has 0 spiro atoms. The van der Waals surface area contributed by atoms with Crippen molar-refractivity contribution in [1.82, 2.24) is 15.2 Å². The lowest BCUT2D eigenvalue weighted by Gasteiger charge is -2.37. The van der Waals surface area contributed by atoms with Gasteiger partial charge in [0.1, 0.15) is 23.7 Å². The number of aromatic nitrogens is 1. The minimum absolute atomic E-state index is 0.231. The van der Waals surface area contributed by atoms with Gasteiger partial charge < -0.3 is 19.9 Å². The van der Waals surface area contributed by atoms with E-state index in [1.54, 1.807) is 24.4 Å². The monoisotopic (exact) mass is 383 g/mol. The Bertz CT molecular complexity index is 768. The number of nitrogens with zero attached hydrogens (tertiary/aromatic N) is 2. The minimum atomic E-state index is -0.715. The van der Waals surface area contributed by atoms with Crippen molar-refractivity contribution in [3.63, 3.8) is 0 Å². The zero-order chi connectivity index (χ0) is 19.3. The van der Waals surface area contributed by atoms with Crippen LogP contribution >= 0.6 is 0 Å². The van der Waals surface area contributed by atoms with Gasteiger partial charge in [-0.1, -0.05) is 24.3 Å². The summed E-state index contributed by atoms with van der Waals surface area (Å²) in [5, 5.41) is 14.1. The number of hydrogen-bond donors (Lipinski definition) is 2. The smallest absolute Gasteiger partial charge is 0.270 e. The predicted molar refractivity (Wildman–Crippen MR) is 103 cm³/mol. The van der Waals surface area contributed by atoms with E-state index in [1.165, 1.54) is 0 Å². The van der Waals surface area contributed by atoms with Gasteiger partial charge in [-0.25, -0.2) is 0 Å². The van der Waals surface area contributed by atoms with Crippen LogP contribution in [0.4, 0.5) is 0 Å². The normalized spacial score (nSPS) is 28.0. The highest BCUT2D eigenvalue weighted by Crippen LogP contribution is 2.30. The Balaban J connectivity index is 1.52. The molecule has 1 amide bonds. The number of amides is 1. The van der Waals surface area contributed by atoms with Gasteiger partial charge in [-0.15, -0.1) is 0 Å². The molecule has 0 radical (unpaired) electrons. The quantitative estimate of drug-likeness (QED) is 0.804. The summed E-state index contributed by atoms with van der Waals surface area (Å²) in [6.07, 6.45) is 1.01. The Morgan fingerprint density at radius 3 is 2.61 bits per heavy atom. The highest BCUT2D eigenvalue weighted by atomic mass is 16.5. The summed E-state index contributed by atoms with van der Waals surface area (Å²) >= 11 is 0. The third-order valence-electron chi connectivity index (χ3n) is 5.34.